The fourth-order valence-corrected chi connectivity index (χ4v) is 4.80. The molecule has 0 spiro atoms. The topological polar surface area (TPSA) is 33.1 Å². The second kappa shape index (κ2) is 8.56. The predicted molar refractivity (Wildman–Crippen MR) is 130 cm³/mol. The lowest BCUT2D eigenvalue weighted by Crippen LogP contribution is -2.43. The van der Waals surface area contributed by atoms with Crippen LogP contribution in [0.25, 0.3) is 27.8 Å². The van der Waals surface area contributed by atoms with E-state index >= 15 is 0 Å². The van der Waals surface area contributed by atoms with Gasteiger partial charge in [0.05, 0.1) is 11.2 Å². The van der Waals surface area contributed by atoms with E-state index in [-0.39, 0.29) is 0 Å². The quantitative estimate of drug-likeness (QED) is 0.481. The first-order valence-corrected chi connectivity index (χ1v) is 11.4. The first-order valence-electron chi connectivity index (χ1n) is 11.4. The van der Waals surface area contributed by atoms with Gasteiger partial charge < -0.3 is 10.2 Å². The largest absolute Gasteiger partial charge is 0.369 e. The van der Waals surface area contributed by atoms with Crippen LogP contribution >= 0.6 is 0 Å². The Hall–Kier alpha value is -3.11. The molecule has 0 bridgehead atoms. The van der Waals surface area contributed by atoms with Crippen molar-refractivity contribution in [1.29, 1.82) is 0 Å². The Morgan fingerprint density at radius 1 is 0.935 bits per heavy atom. The summed E-state index contributed by atoms with van der Waals surface area (Å²) in [5.41, 5.74) is 8.76. The van der Waals surface area contributed by atoms with Gasteiger partial charge >= 0.3 is 0 Å². The average Bonchev–Trinajstić information content (AvgIpc) is 3.22. The molecule has 0 radical (unpaired) electrons. The molecule has 0 atom stereocenters. The van der Waals surface area contributed by atoms with Crippen LogP contribution in [-0.2, 0) is 6.42 Å². The summed E-state index contributed by atoms with van der Waals surface area (Å²) in [4.78, 5) is 2.54. The van der Waals surface area contributed by atoms with Crippen LogP contribution in [-0.4, -0.2) is 36.0 Å². The van der Waals surface area contributed by atoms with E-state index in [4.69, 9.17) is 5.10 Å². The van der Waals surface area contributed by atoms with E-state index in [1.165, 1.54) is 33.3 Å². The number of benzene rings is 3. The molecular formula is C27H30N4. The van der Waals surface area contributed by atoms with Crippen LogP contribution in [0, 0.1) is 6.92 Å². The monoisotopic (exact) mass is 410 g/mol. The van der Waals surface area contributed by atoms with Gasteiger partial charge in [-0.15, -0.1) is 0 Å². The zero-order valence-electron chi connectivity index (χ0n) is 18.4. The van der Waals surface area contributed by atoms with Crippen LogP contribution in [0.4, 0.5) is 5.69 Å². The Morgan fingerprint density at radius 3 is 2.29 bits per heavy atom. The van der Waals surface area contributed by atoms with Gasteiger partial charge in [-0.25, -0.2) is 4.68 Å². The average molecular weight is 411 g/mol. The number of piperazine rings is 1. The fourth-order valence-electron chi connectivity index (χ4n) is 4.80. The molecule has 0 saturated carbocycles. The number of anilines is 1. The predicted octanol–water partition coefficient (Wildman–Crippen LogP) is 5.36. The van der Waals surface area contributed by atoms with E-state index in [0.717, 1.165) is 50.4 Å². The smallest absolute Gasteiger partial charge is 0.101 e. The Balaban J connectivity index is 1.83. The van der Waals surface area contributed by atoms with E-state index in [0.29, 0.717) is 0 Å². The normalized spacial score (nSPS) is 14.3. The van der Waals surface area contributed by atoms with E-state index in [1.807, 2.05) is 0 Å². The number of para-hydroxylation sites is 1. The molecular weight excluding hydrogens is 380 g/mol. The van der Waals surface area contributed by atoms with Crippen LogP contribution in [0.15, 0.2) is 66.7 Å². The number of nitrogens with zero attached hydrogens (tertiary/aromatic N) is 3. The Labute approximate surface area is 184 Å². The maximum absolute atomic E-state index is 5.19. The number of fused-ring (bicyclic) bond motifs is 1. The molecule has 4 nitrogen and oxygen atoms in total. The summed E-state index contributed by atoms with van der Waals surface area (Å²) >= 11 is 0. The summed E-state index contributed by atoms with van der Waals surface area (Å²) < 4.78 is 2.14. The van der Waals surface area contributed by atoms with Crippen molar-refractivity contribution in [1.82, 2.24) is 15.1 Å². The minimum Gasteiger partial charge on any atom is -0.369 e. The summed E-state index contributed by atoms with van der Waals surface area (Å²) in [6.45, 7) is 8.73. The standard InChI is InChI=1S/C27H30N4/c1-3-10-23-20(2)24(30-17-15-28-16-18-30)19-25-26(23)27(21-11-6-4-7-12-21)29-31(25)22-13-8-5-9-14-22/h4-9,11-14,19,28H,3,10,15-18H2,1-2H3. The van der Waals surface area contributed by atoms with E-state index in [9.17, 15) is 0 Å². The van der Waals surface area contributed by atoms with E-state index in [1.54, 1.807) is 0 Å². The second-order valence-electron chi connectivity index (χ2n) is 8.34. The van der Waals surface area contributed by atoms with Crippen molar-refractivity contribution in [2.24, 2.45) is 0 Å². The van der Waals surface area contributed by atoms with Crippen molar-refractivity contribution in [2.45, 2.75) is 26.7 Å². The summed E-state index contributed by atoms with van der Waals surface area (Å²) in [6, 6.07) is 23.5. The van der Waals surface area contributed by atoms with Crippen LogP contribution in [0.2, 0.25) is 0 Å². The van der Waals surface area contributed by atoms with Gasteiger partial charge in [0.15, 0.2) is 0 Å². The summed E-state index contributed by atoms with van der Waals surface area (Å²) in [5, 5.41) is 9.97. The van der Waals surface area contributed by atoms with Gasteiger partial charge in [-0.2, -0.15) is 5.10 Å². The Morgan fingerprint density at radius 2 is 1.61 bits per heavy atom. The second-order valence-corrected chi connectivity index (χ2v) is 8.34. The van der Waals surface area contributed by atoms with Gasteiger partial charge in [0.25, 0.3) is 0 Å². The van der Waals surface area contributed by atoms with Gasteiger partial charge in [-0.1, -0.05) is 61.9 Å². The first kappa shape index (κ1) is 19.8. The van der Waals surface area contributed by atoms with Crippen LogP contribution in [0.1, 0.15) is 24.5 Å². The molecule has 2 heterocycles. The molecule has 1 aliphatic rings. The third kappa shape index (κ3) is 3.61. The van der Waals surface area contributed by atoms with Crippen LogP contribution < -0.4 is 10.2 Å². The van der Waals surface area contributed by atoms with Gasteiger partial charge in [-0.3, -0.25) is 0 Å². The van der Waals surface area contributed by atoms with Crippen molar-refractivity contribution in [3.8, 4) is 16.9 Å². The molecule has 158 valence electrons. The lowest BCUT2D eigenvalue weighted by atomic mass is 9.94. The van der Waals surface area contributed by atoms with Crippen molar-refractivity contribution >= 4 is 16.6 Å². The van der Waals surface area contributed by atoms with Crippen molar-refractivity contribution in [3.63, 3.8) is 0 Å². The number of nitrogens with one attached hydrogen (secondary N) is 1. The minimum atomic E-state index is 1.04. The molecule has 0 aliphatic carbocycles. The zero-order chi connectivity index (χ0) is 21.2. The van der Waals surface area contributed by atoms with Crippen molar-refractivity contribution in [2.75, 3.05) is 31.1 Å². The summed E-state index contributed by atoms with van der Waals surface area (Å²) in [5.74, 6) is 0. The van der Waals surface area contributed by atoms with Gasteiger partial charge in [0, 0.05) is 42.8 Å². The fraction of sp³-hybridized carbons (Fsp3) is 0.296. The molecule has 4 aromatic rings. The maximum Gasteiger partial charge on any atom is 0.101 e. The summed E-state index contributed by atoms with van der Waals surface area (Å²) in [7, 11) is 0. The molecule has 5 rings (SSSR count). The molecule has 1 aliphatic heterocycles. The van der Waals surface area contributed by atoms with Gasteiger partial charge in [-0.05, 0) is 42.7 Å². The summed E-state index contributed by atoms with van der Waals surface area (Å²) in [6.07, 6.45) is 2.17. The van der Waals surface area contributed by atoms with Gasteiger partial charge in [0.1, 0.15) is 5.69 Å². The SMILES string of the molecule is CCCc1c(C)c(N2CCNCC2)cc2c1c(-c1ccccc1)nn2-c1ccccc1. The van der Waals surface area contributed by atoms with E-state index in [2.05, 4.69) is 95.5 Å². The molecule has 1 aromatic heterocycles. The number of aromatic nitrogens is 2. The molecule has 1 N–H and O–H groups in total. The van der Waals surface area contributed by atoms with Crippen molar-refractivity contribution < 1.29 is 0 Å². The number of hydrogen-bond donors (Lipinski definition) is 1. The zero-order valence-corrected chi connectivity index (χ0v) is 18.4. The van der Waals surface area contributed by atoms with Crippen LogP contribution in [0.3, 0.4) is 0 Å². The highest BCUT2D eigenvalue weighted by Crippen LogP contribution is 2.39. The Bertz CT molecular complexity index is 1170. The molecule has 1 fully saturated rings. The molecule has 1 saturated heterocycles. The minimum absolute atomic E-state index is 1.04. The van der Waals surface area contributed by atoms with Crippen molar-refractivity contribution in [3.05, 3.63) is 77.9 Å². The number of rotatable bonds is 5. The third-order valence-electron chi connectivity index (χ3n) is 6.34. The Kier molecular flexibility index (Phi) is 5.47. The lowest BCUT2D eigenvalue weighted by molar-refractivity contribution is 0.588. The molecule has 0 amide bonds. The first-order chi connectivity index (χ1) is 15.3. The third-order valence-corrected chi connectivity index (χ3v) is 6.34. The highest BCUT2D eigenvalue weighted by molar-refractivity contribution is 6.00. The van der Waals surface area contributed by atoms with Crippen LogP contribution in [0.5, 0.6) is 0 Å². The molecule has 31 heavy (non-hydrogen) atoms. The van der Waals surface area contributed by atoms with Gasteiger partial charge in [0.2, 0.25) is 0 Å². The number of aryl methyl sites for hydroxylation is 1. The highest BCUT2D eigenvalue weighted by atomic mass is 15.3. The molecule has 0 unspecified atom stereocenters. The highest BCUT2D eigenvalue weighted by Gasteiger charge is 2.23. The lowest BCUT2D eigenvalue weighted by Gasteiger charge is -2.31. The molecule has 3 aromatic carbocycles. The molecule has 4 heteroatoms. The van der Waals surface area contributed by atoms with E-state index < -0.39 is 0 Å². The maximum atomic E-state index is 5.19. The number of hydrogen-bond acceptors (Lipinski definition) is 3.